The molecule has 21 heavy (non-hydrogen) atoms. The number of rotatable bonds is 6. The third kappa shape index (κ3) is 5.04. The van der Waals surface area contributed by atoms with Crippen LogP contribution >= 0.6 is 11.8 Å². The van der Waals surface area contributed by atoms with Gasteiger partial charge in [0.2, 0.25) is 5.91 Å². The van der Waals surface area contributed by atoms with Crippen molar-refractivity contribution in [3.8, 4) is 0 Å². The molecule has 1 aliphatic heterocycles. The molecule has 1 aliphatic rings. The number of sulfone groups is 1. The molecule has 1 N–H and O–H groups in total. The lowest BCUT2D eigenvalue weighted by molar-refractivity contribution is -0.120. The molecule has 1 heterocycles. The summed E-state index contributed by atoms with van der Waals surface area (Å²) in [4.78, 5) is 13.3. The first-order valence-electron chi connectivity index (χ1n) is 7.20. The Bertz CT molecular complexity index is 572. The molecule has 0 aliphatic carbocycles. The largest absolute Gasteiger partial charge is 0.355 e. The van der Waals surface area contributed by atoms with Crippen molar-refractivity contribution in [3.05, 3.63) is 30.3 Å². The first-order chi connectivity index (χ1) is 10.00. The van der Waals surface area contributed by atoms with Crippen LogP contribution in [0.15, 0.2) is 35.2 Å². The molecule has 1 saturated heterocycles. The van der Waals surface area contributed by atoms with Gasteiger partial charge in [0.1, 0.15) is 0 Å². The van der Waals surface area contributed by atoms with Gasteiger partial charge in [-0.25, -0.2) is 8.42 Å². The van der Waals surface area contributed by atoms with E-state index in [1.165, 1.54) is 0 Å². The molecule has 1 aromatic carbocycles. The Morgan fingerprint density at radius 3 is 2.67 bits per heavy atom. The van der Waals surface area contributed by atoms with Crippen molar-refractivity contribution in [1.29, 1.82) is 0 Å². The molecule has 0 spiro atoms. The zero-order chi connectivity index (χ0) is 15.3. The van der Waals surface area contributed by atoms with E-state index < -0.39 is 9.84 Å². The summed E-state index contributed by atoms with van der Waals surface area (Å²) in [5.74, 6) is 0.521. The predicted octanol–water partition coefficient (Wildman–Crippen LogP) is 2.11. The van der Waals surface area contributed by atoms with Gasteiger partial charge in [-0.15, -0.1) is 11.8 Å². The van der Waals surface area contributed by atoms with E-state index in [0.717, 1.165) is 11.3 Å². The third-order valence-corrected chi connectivity index (χ3v) is 6.79. The minimum Gasteiger partial charge on any atom is -0.355 e. The Morgan fingerprint density at radius 1 is 1.38 bits per heavy atom. The number of carbonyl (C=O) groups excluding carboxylic acids is 1. The topological polar surface area (TPSA) is 63.2 Å². The molecular formula is C15H21NO3S2. The second-order valence-electron chi connectivity index (χ2n) is 5.34. The molecule has 0 saturated carbocycles. The van der Waals surface area contributed by atoms with Crippen molar-refractivity contribution in [3.63, 3.8) is 0 Å². The number of hydrogen-bond donors (Lipinski definition) is 1. The Morgan fingerprint density at radius 2 is 2.10 bits per heavy atom. The molecule has 2 rings (SSSR count). The van der Waals surface area contributed by atoms with Crippen molar-refractivity contribution in [2.75, 3.05) is 18.1 Å². The number of benzene rings is 1. The molecular weight excluding hydrogens is 306 g/mol. The fourth-order valence-electron chi connectivity index (χ4n) is 2.38. The predicted molar refractivity (Wildman–Crippen MR) is 86.1 cm³/mol. The van der Waals surface area contributed by atoms with E-state index >= 15 is 0 Å². The highest BCUT2D eigenvalue weighted by atomic mass is 32.2. The first kappa shape index (κ1) is 16.4. The van der Waals surface area contributed by atoms with Crippen molar-refractivity contribution in [1.82, 2.24) is 5.32 Å². The van der Waals surface area contributed by atoms with Crippen molar-refractivity contribution in [2.24, 2.45) is 5.92 Å². The van der Waals surface area contributed by atoms with Gasteiger partial charge in [-0.2, -0.15) is 0 Å². The Kier molecular flexibility index (Phi) is 5.70. The molecule has 0 bridgehead atoms. The summed E-state index contributed by atoms with van der Waals surface area (Å²) in [6.07, 6.45) is 1.40. The summed E-state index contributed by atoms with van der Waals surface area (Å²) in [6, 6.07) is 9.84. The Labute approximate surface area is 130 Å². The Balaban J connectivity index is 1.83. The summed E-state index contributed by atoms with van der Waals surface area (Å²) in [7, 11) is -2.87. The average molecular weight is 327 g/mol. The highest BCUT2D eigenvalue weighted by Crippen LogP contribution is 2.25. The van der Waals surface area contributed by atoms with E-state index in [1.54, 1.807) is 11.8 Å². The van der Waals surface area contributed by atoms with Crippen LogP contribution in [0.1, 0.15) is 19.8 Å². The lowest BCUT2D eigenvalue weighted by Crippen LogP contribution is -2.36. The maximum atomic E-state index is 12.2. The molecule has 1 aromatic rings. The molecule has 0 aromatic heterocycles. The van der Waals surface area contributed by atoms with E-state index in [4.69, 9.17) is 0 Å². The zero-order valence-electron chi connectivity index (χ0n) is 12.1. The quantitative estimate of drug-likeness (QED) is 0.813. The van der Waals surface area contributed by atoms with Crippen LogP contribution in [-0.4, -0.2) is 37.6 Å². The van der Waals surface area contributed by atoms with Crippen molar-refractivity contribution in [2.45, 2.75) is 29.9 Å². The lowest BCUT2D eigenvalue weighted by Gasteiger charge is -2.16. The standard InChI is InChI=1S/C15H21NO3S2/c1-2-14(20-13-6-4-3-5-7-13)15(17)16-10-12-8-9-21(18,19)11-12/h3-7,12,14H,2,8-11H2,1H3,(H,16,17). The number of carbonyl (C=O) groups is 1. The highest BCUT2D eigenvalue weighted by Gasteiger charge is 2.28. The lowest BCUT2D eigenvalue weighted by atomic mass is 10.1. The summed E-state index contributed by atoms with van der Waals surface area (Å²) in [5, 5.41) is 2.78. The van der Waals surface area contributed by atoms with Gasteiger partial charge in [-0.05, 0) is 30.9 Å². The molecule has 2 unspecified atom stereocenters. The highest BCUT2D eigenvalue weighted by molar-refractivity contribution is 8.00. The van der Waals surface area contributed by atoms with Crippen LogP contribution in [0.5, 0.6) is 0 Å². The molecule has 4 nitrogen and oxygen atoms in total. The fraction of sp³-hybridized carbons (Fsp3) is 0.533. The van der Waals surface area contributed by atoms with Crippen LogP contribution in [0.25, 0.3) is 0 Å². The van der Waals surface area contributed by atoms with Gasteiger partial charge in [-0.3, -0.25) is 4.79 Å². The maximum absolute atomic E-state index is 12.2. The Hall–Kier alpha value is -1.01. The van der Waals surface area contributed by atoms with E-state index in [-0.39, 0.29) is 28.6 Å². The first-order valence-corrected chi connectivity index (χ1v) is 9.90. The number of amides is 1. The smallest absolute Gasteiger partial charge is 0.233 e. The minimum absolute atomic E-state index is 0.00403. The van der Waals surface area contributed by atoms with Gasteiger partial charge >= 0.3 is 0 Å². The van der Waals surface area contributed by atoms with Gasteiger partial charge in [0.25, 0.3) is 0 Å². The summed E-state index contributed by atoms with van der Waals surface area (Å²) < 4.78 is 22.8. The number of hydrogen-bond acceptors (Lipinski definition) is 4. The summed E-state index contributed by atoms with van der Waals surface area (Å²) in [6.45, 7) is 2.45. The fourth-order valence-corrected chi connectivity index (χ4v) is 5.24. The molecule has 116 valence electrons. The van der Waals surface area contributed by atoms with Crippen LogP contribution in [0, 0.1) is 5.92 Å². The molecule has 6 heteroatoms. The van der Waals surface area contributed by atoms with Gasteiger partial charge in [-0.1, -0.05) is 25.1 Å². The summed E-state index contributed by atoms with van der Waals surface area (Å²) >= 11 is 1.55. The van der Waals surface area contributed by atoms with Gasteiger partial charge in [0.05, 0.1) is 16.8 Å². The third-order valence-electron chi connectivity index (χ3n) is 3.58. The van der Waals surface area contributed by atoms with Crippen LogP contribution in [0.2, 0.25) is 0 Å². The second-order valence-corrected chi connectivity index (χ2v) is 8.85. The van der Waals surface area contributed by atoms with E-state index in [0.29, 0.717) is 13.0 Å². The average Bonchev–Trinajstić information content (AvgIpc) is 2.82. The zero-order valence-corrected chi connectivity index (χ0v) is 13.8. The van der Waals surface area contributed by atoms with Crippen LogP contribution in [-0.2, 0) is 14.6 Å². The maximum Gasteiger partial charge on any atom is 0.233 e. The number of nitrogens with one attached hydrogen (secondary N) is 1. The van der Waals surface area contributed by atoms with Crippen LogP contribution in [0.4, 0.5) is 0 Å². The molecule has 2 atom stereocenters. The van der Waals surface area contributed by atoms with E-state index in [1.807, 2.05) is 37.3 Å². The molecule has 1 fully saturated rings. The summed E-state index contributed by atoms with van der Waals surface area (Å²) in [5.41, 5.74) is 0. The van der Waals surface area contributed by atoms with Crippen molar-refractivity contribution >= 4 is 27.5 Å². The normalized spacial score (nSPS) is 21.9. The van der Waals surface area contributed by atoms with Crippen LogP contribution in [0.3, 0.4) is 0 Å². The van der Waals surface area contributed by atoms with Crippen LogP contribution < -0.4 is 5.32 Å². The number of thioether (sulfide) groups is 1. The monoisotopic (exact) mass is 327 g/mol. The minimum atomic E-state index is -2.87. The van der Waals surface area contributed by atoms with E-state index in [2.05, 4.69) is 5.32 Å². The van der Waals surface area contributed by atoms with Crippen molar-refractivity contribution < 1.29 is 13.2 Å². The van der Waals surface area contributed by atoms with Gasteiger partial charge in [0.15, 0.2) is 9.84 Å². The van der Waals surface area contributed by atoms with Gasteiger partial charge < -0.3 is 5.32 Å². The van der Waals surface area contributed by atoms with E-state index in [9.17, 15) is 13.2 Å². The molecule has 1 amide bonds. The SMILES string of the molecule is CCC(Sc1ccccc1)C(=O)NCC1CCS(=O)(=O)C1. The molecule has 0 radical (unpaired) electrons. The van der Waals surface area contributed by atoms with Gasteiger partial charge in [0, 0.05) is 11.4 Å². The second kappa shape index (κ2) is 7.31.